The van der Waals surface area contributed by atoms with Crippen LogP contribution in [0, 0.1) is 17.3 Å². The molecule has 0 radical (unpaired) electrons. The molecule has 1 aromatic carbocycles. The number of allylic oxidation sites excluding steroid dienone is 1. The maximum Gasteiger partial charge on any atom is 0.170 e. The Morgan fingerprint density at radius 3 is 2.54 bits per heavy atom. The van der Waals surface area contributed by atoms with Gasteiger partial charge in [-0.2, -0.15) is 0 Å². The molecule has 0 fully saturated rings. The van der Waals surface area contributed by atoms with E-state index in [-0.39, 0.29) is 52.3 Å². The van der Waals surface area contributed by atoms with Crippen molar-refractivity contribution in [3.05, 3.63) is 28.3 Å². The molecule has 2 atom stereocenters. The molecule has 0 bridgehead atoms. The van der Waals surface area contributed by atoms with Crippen molar-refractivity contribution in [1.29, 1.82) is 0 Å². The van der Waals surface area contributed by atoms with Gasteiger partial charge >= 0.3 is 0 Å². The van der Waals surface area contributed by atoms with Crippen LogP contribution in [0.15, 0.2) is 11.6 Å². The molecule has 2 aliphatic rings. The Bertz CT molecular complexity index is 849. The molecule has 1 heterocycles. The van der Waals surface area contributed by atoms with Crippen molar-refractivity contribution in [1.82, 2.24) is 0 Å². The molecule has 0 spiro atoms. The Kier molecular flexibility index (Phi) is 5.30. The first-order valence-electron chi connectivity index (χ1n) is 10.1. The number of phenolic OH excluding ortho intramolecular Hbond substituents is 2. The van der Waals surface area contributed by atoms with Gasteiger partial charge in [-0.25, -0.2) is 0 Å². The van der Waals surface area contributed by atoms with Crippen LogP contribution >= 0.6 is 0 Å². The molecule has 1 aromatic rings. The van der Waals surface area contributed by atoms with Crippen molar-refractivity contribution in [2.75, 3.05) is 0 Å². The minimum atomic E-state index is -0.482. The number of phenols is 2. The Morgan fingerprint density at radius 1 is 1.29 bits per heavy atom. The molecule has 3 rings (SSSR count). The third-order valence-corrected chi connectivity index (χ3v) is 6.13. The minimum Gasteiger partial charge on any atom is -0.507 e. The SMILES string of the molecule is CC(C)CC(=O)c1c(O)c(C=O)c(O)c2c1OC1C=C(C(C)C)CCC1(C)C2. The van der Waals surface area contributed by atoms with Crippen LogP contribution in [-0.4, -0.2) is 28.4 Å². The summed E-state index contributed by atoms with van der Waals surface area (Å²) in [7, 11) is 0. The lowest BCUT2D eigenvalue weighted by Crippen LogP contribution is -2.44. The molecule has 1 aliphatic carbocycles. The largest absolute Gasteiger partial charge is 0.507 e. The van der Waals surface area contributed by atoms with Gasteiger partial charge in [0.15, 0.2) is 12.1 Å². The fourth-order valence-corrected chi connectivity index (χ4v) is 4.34. The predicted octanol–water partition coefficient (Wildman–Crippen LogP) is 4.83. The number of carbonyl (C=O) groups excluding carboxylic acids is 2. The Labute approximate surface area is 166 Å². The Balaban J connectivity index is 2.19. The lowest BCUT2D eigenvalue weighted by atomic mass is 9.67. The van der Waals surface area contributed by atoms with Crippen molar-refractivity contribution in [3.63, 3.8) is 0 Å². The van der Waals surface area contributed by atoms with Crippen LogP contribution in [0.5, 0.6) is 17.2 Å². The number of hydrogen-bond acceptors (Lipinski definition) is 5. The van der Waals surface area contributed by atoms with E-state index in [1.54, 1.807) is 0 Å². The smallest absolute Gasteiger partial charge is 0.170 e. The molecule has 152 valence electrons. The number of carbonyl (C=O) groups is 2. The molecular formula is C23H30O5. The second-order valence-corrected chi connectivity index (χ2v) is 9.20. The van der Waals surface area contributed by atoms with Gasteiger partial charge in [-0.05, 0) is 37.2 Å². The molecule has 0 saturated heterocycles. The monoisotopic (exact) mass is 386 g/mol. The van der Waals surface area contributed by atoms with E-state index in [9.17, 15) is 19.8 Å². The van der Waals surface area contributed by atoms with E-state index < -0.39 is 5.75 Å². The van der Waals surface area contributed by atoms with Crippen molar-refractivity contribution in [2.45, 2.75) is 66.4 Å². The summed E-state index contributed by atoms with van der Waals surface area (Å²) in [5.41, 5.74) is 1.32. The van der Waals surface area contributed by atoms with E-state index in [2.05, 4.69) is 26.8 Å². The van der Waals surface area contributed by atoms with E-state index in [1.807, 2.05) is 13.8 Å². The third-order valence-electron chi connectivity index (χ3n) is 6.13. The van der Waals surface area contributed by atoms with Gasteiger partial charge in [0.2, 0.25) is 0 Å². The first-order chi connectivity index (χ1) is 13.1. The zero-order valence-corrected chi connectivity index (χ0v) is 17.3. The highest BCUT2D eigenvalue weighted by Gasteiger charge is 2.45. The molecule has 2 unspecified atom stereocenters. The van der Waals surface area contributed by atoms with Gasteiger partial charge in [-0.15, -0.1) is 0 Å². The van der Waals surface area contributed by atoms with E-state index in [0.717, 1.165) is 12.8 Å². The molecule has 2 N–H and O–H groups in total. The fourth-order valence-electron chi connectivity index (χ4n) is 4.34. The number of benzene rings is 1. The molecule has 0 aromatic heterocycles. The van der Waals surface area contributed by atoms with Crippen LogP contribution < -0.4 is 4.74 Å². The van der Waals surface area contributed by atoms with Crippen LogP contribution in [0.1, 0.15) is 80.2 Å². The van der Waals surface area contributed by atoms with Crippen LogP contribution in [0.3, 0.4) is 0 Å². The van der Waals surface area contributed by atoms with Gasteiger partial charge in [-0.3, -0.25) is 9.59 Å². The second kappa shape index (κ2) is 7.26. The van der Waals surface area contributed by atoms with Crippen LogP contribution in [0.25, 0.3) is 0 Å². The number of Topliss-reactive ketones (excluding diaryl/α,β-unsaturated/α-hetero) is 1. The molecule has 1 aliphatic heterocycles. The van der Waals surface area contributed by atoms with E-state index >= 15 is 0 Å². The molecular weight excluding hydrogens is 356 g/mol. The van der Waals surface area contributed by atoms with Crippen molar-refractivity contribution < 1.29 is 24.5 Å². The number of aromatic hydroxyl groups is 2. The van der Waals surface area contributed by atoms with Crippen LogP contribution in [-0.2, 0) is 6.42 Å². The molecule has 5 heteroatoms. The zero-order chi connectivity index (χ0) is 20.8. The van der Waals surface area contributed by atoms with E-state index in [4.69, 9.17) is 4.74 Å². The van der Waals surface area contributed by atoms with Gasteiger partial charge in [0.05, 0.1) is 5.56 Å². The van der Waals surface area contributed by atoms with Crippen molar-refractivity contribution in [3.8, 4) is 17.2 Å². The summed E-state index contributed by atoms with van der Waals surface area (Å²) >= 11 is 0. The quantitative estimate of drug-likeness (QED) is 0.430. The normalized spacial score (nSPS) is 23.7. The number of ether oxygens (including phenoxy) is 1. The van der Waals surface area contributed by atoms with Gasteiger partial charge in [0, 0.05) is 17.4 Å². The van der Waals surface area contributed by atoms with Crippen molar-refractivity contribution >= 4 is 12.1 Å². The maximum absolute atomic E-state index is 12.9. The number of aldehydes is 1. The first-order valence-corrected chi connectivity index (χ1v) is 10.1. The molecule has 5 nitrogen and oxygen atoms in total. The standard InChI is InChI=1S/C23H30O5/c1-12(2)8-17(25)19-21(27)16(11-24)20(26)15-10-23(5)7-6-14(13(3)4)9-18(23)28-22(15)19/h9,11-13,18,26-27H,6-8,10H2,1-5H3. The summed E-state index contributed by atoms with van der Waals surface area (Å²) in [5.74, 6) is -0.302. The van der Waals surface area contributed by atoms with Gasteiger partial charge in [0.1, 0.15) is 28.9 Å². The fraction of sp³-hybridized carbons (Fsp3) is 0.565. The minimum absolute atomic E-state index is 0.0238. The number of ketones is 1. The molecule has 28 heavy (non-hydrogen) atoms. The summed E-state index contributed by atoms with van der Waals surface area (Å²) in [6.07, 6.45) is 4.87. The predicted molar refractivity (Wildman–Crippen MR) is 107 cm³/mol. The lowest BCUT2D eigenvalue weighted by Gasteiger charge is -2.45. The molecule has 0 amide bonds. The maximum atomic E-state index is 12.9. The van der Waals surface area contributed by atoms with Crippen LogP contribution in [0.2, 0.25) is 0 Å². The zero-order valence-electron chi connectivity index (χ0n) is 17.3. The topological polar surface area (TPSA) is 83.8 Å². The van der Waals surface area contributed by atoms with Crippen LogP contribution in [0.4, 0.5) is 0 Å². The number of rotatable bonds is 5. The van der Waals surface area contributed by atoms with Gasteiger partial charge < -0.3 is 14.9 Å². The highest BCUT2D eigenvalue weighted by molar-refractivity contribution is 6.05. The van der Waals surface area contributed by atoms with Gasteiger partial charge in [-0.1, -0.05) is 40.2 Å². The summed E-state index contributed by atoms with van der Waals surface area (Å²) in [6.45, 7) is 10.2. The summed E-state index contributed by atoms with van der Waals surface area (Å²) in [4.78, 5) is 24.4. The Morgan fingerprint density at radius 2 is 1.96 bits per heavy atom. The van der Waals surface area contributed by atoms with Crippen molar-refractivity contribution in [2.24, 2.45) is 17.3 Å². The number of hydrogen-bond donors (Lipinski definition) is 2. The van der Waals surface area contributed by atoms with Gasteiger partial charge in [0.25, 0.3) is 0 Å². The molecule has 0 saturated carbocycles. The first kappa shape index (κ1) is 20.4. The lowest BCUT2D eigenvalue weighted by molar-refractivity contribution is 0.0555. The highest BCUT2D eigenvalue weighted by Crippen LogP contribution is 2.53. The summed E-state index contributed by atoms with van der Waals surface area (Å²) < 4.78 is 6.28. The highest BCUT2D eigenvalue weighted by atomic mass is 16.5. The Hall–Kier alpha value is -2.30. The second-order valence-electron chi connectivity index (χ2n) is 9.20. The average molecular weight is 386 g/mol. The van der Waals surface area contributed by atoms with E-state index in [0.29, 0.717) is 24.2 Å². The summed E-state index contributed by atoms with van der Waals surface area (Å²) in [6, 6.07) is 0. The number of fused-ring (bicyclic) bond motifs is 2. The van der Waals surface area contributed by atoms with E-state index in [1.165, 1.54) is 5.57 Å². The summed E-state index contributed by atoms with van der Waals surface area (Å²) in [5, 5.41) is 21.3. The third kappa shape index (κ3) is 3.31. The average Bonchev–Trinajstić information content (AvgIpc) is 2.60.